The predicted molar refractivity (Wildman–Crippen MR) is 108 cm³/mol. The molecule has 25 heavy (non-hydrogen) atoms. The van der Waals surface area contributed by atoms with Gasteiger partial charge in [-0.3, -0.25) is 10.9 Å². The molecule has 2 aromatic carbocycles. The topological polar surface area (TPSA) is 101 Å². The number of thiocarbonyl (C=S) groups is 2. The maximum absolute atomic E-state index is 5.16. The molecular weight excluding hydrogens is 447 g/mol. The van der Waals surface area contributed by atoms with Crippen molar-refractivity contribution in [2.75, 3.05) is 0 Å². The normalized spacial score (nSPS) is 9.60. The van der Waals surface area contributed by atoms with Crippen LogP contribution in [0.25, 0.3) is 0 Å². The Morgan fingerprint density at radius 2 is 1.04 bits per heavy atom. The van der Waals surface area contributed by atoms with Crippen molar-refractivity contribution in [1.29, 1.82) is 0 Å². The molecule has 0 aliphatic heterocycles. The molecule has 0 unspecified atom stereocenters. The van der Waals surface area contributed by atoms with E-state index in [0.29, 0.717) is 0 Å². The molecule has 0 aromatic heterocycles. The number of hydrogen-bond donors (Lipinski definition) is 4. The first-order valence-corrected chi connectivity index (χ1v) is 7.66. The predicted octanol–water partition coefficient (Wildman–Crippen LogP) is 1.70. The van der Waals surface area contributed by atoms with E-state index >= 15 is 0 Å². The van der Waals surface area contributed by atoms with E-state index in [9.17, 15) is 0 Å². The van der Waals surface area contributed by atoms with E-state index < -0.39 is 0 Å². The number of nitrogens with one attached hydrogen (secondary N) is 2. The van der Waals surface area contributed by atoms with Crippen LogP contribution in [0.3, 0.4) is 0 Å². The summed E-state index contributed by atoms with van der Waals surface area (Å²) >= 11 is 9.13. The quantitative estimate of drug-likeness (QED) is 0.238. The van der Waals surface area contributed by atoms with Gasteiger partial charge < -0.3 is 11.5 Å². The van der Waals surface area contributed by atoms with Crippen molar-refractivity contribution in [3.8, 4) is 0 Å². The van der Waals surface area contributed by atoms with Gasteiger partial charge >= 0.3 is 0 Å². The molecule has 0 spiro atoms. The van der Waals surface area contributed by atoms with Crippen LogP contribution in [0.2, 0.25) is 0 Å². The van der Waals surface area contributed by atoms with Crippen molar-refractivity contribution in [2.24, 2.45) is 21.7 Å². The van der Waals surface area contributed by atoms with Gasteiger partial charge in [-0.25, -0.2) is 0 Å². The van der Waals surface area contributed by atoms with Gasteiger partial charge in [0.25, 0.3) is 0 Å². The van der Waals surface area contributed by atoms with Gasteiger partial charge in [0.15, 0.2) is 10.2 Å². The fourth-order valence-electron chi connectivity index (χ4n) is 1.42. The Balaban J connectivity index is 0.000000443. The van der Waals surface area contributed by atoms with Gasteiger partial charge in [-0.15, -0.1) is 0 Å². The van der Waals surface area contributed by atoms with Crippen LogP contribution in [0.1, 0.15) is 11.1 Å². The minimum Gasteiger partial charge on any atom is -0.375 e. The van der Waals surface area contributed by atoms with Gasteiger partial charge in [-0.1, -0.05) is 60.7 Å². The van der Waals surface area contributed by atoms with Gasteiger partial charge in [-0.2, -0.15) is 10.2 Å². The maximum atomic E-state index is 5.16. The molecule has 134 valence electrons. The van der Waals surface area contributed by atoms with E-state index in [1.807, 2.05) is 60.7 Å². The summed E-state index contributed by atoms with van der Waals surface area (Å²) in [6.07, 6.45) is 3.30. The van der Waals surface area contributed by atoms with Crippen LogP contribution < -0.4 is 22.3 Å². The van der Waals surface area contributed by atoms with Crippen molar-refractivity contribution >= 4 is 47.1 Å². The second-order valence-corrected chi connectivity index (χ2v) is 5.17. The zero-order valence-electron chi connectivity index (χ0n) is 13.1. The standard InChI is InChI=1S/2C8H9N3S.Pd/c2*9-8(12)11-10-6-7-4-2-1-3-5-7;/h2*1-6H,(H3,9,11,12);. The third kappa shape index (κ3) is 12.9. The van der Waals surface area contributed by atoms with Crippen molar-refractivity contribution in [3.05, 3.63) is 71.8 Å². The first-order valence-electron chi connectivity index (χ1n) is 6.85. The number of hydrogen-bond acceptors (Lipinski definition) is 4. The number of nitrogens with zero attached hydrogens (tertiary/aromatic N) is 2. The van der Waals surface area contributed by atoms with Crippen molar-refractivity contribution < 1.29 is 20.4 Å². The van der Waals surface area contributed by atoms with E-state index in [1.165, 1.54) is 0 Å². The van der Waals surface area contributed by atoms with Crippen LogP contribution in [0.4, 0.5) is 0 Å². The van der Waals surface area contributed by atoms with Crippen LogP contribution >= 0.6 is 24.4 Å². The first-order chi connectivity index (χ1) is 11.6. The zero-order chi connectivity index (χ0) is 17.6. The number of hydrazone groups is 2. The van der Waals surface area contributed by atoms with Crippen molar-refractivity contribution in [3.63, 3.8) is 0 Å². The van der Waals surface area contributed by atoms with E-state index in [1.54, 1.807) is 12.4 Å². The summed E-state index contributed by atoms with van der Waals surface area (Å²) in [6, 6.07) is 19.4. The smallest absolute Gasteiger partial charge is 0.184 e. The van der Waals surface area contributed by atoms with Crippen LogP contribution in [0.5, 0.6) is 0 Å². The summed E-state index contributed by atoms with van der Waals surface area (Å²) in [7, 11) is 0. The second-order valence-electron chi connectivity index (χ2n) is 4.29. The third-order valence-electron chi connectivity index (χ3n) is 2.38. The Morgan fingerprint density at radius 1 is 0.720 bits per heavy atom. The minimum atomic E-state index is 0. The summed E-state index contributed by atoms with van der Waals surface area (Å²) in [4.78, 5) is 0. The van der Waals surface area contributed by atoms with Gasteiger partial charge in [0.1, 0.15) is 0 Å². The molecule has 0 saturated heterocycles. The Kier molecular flexibility index (Phi) is 13.0. The zero-order valence-corrected chi connectivity index (χ0v) is 16.3. The SMILES string of the molecule is NC(=S)NN=Cc1ccccc1.NC(=S)NN=Cc1ccccc1.[Pd]. The van der Waals surface area contributed by atoms with E-state index in [0.717, 1.165) is 11.1 Å². The summed E-state index contributed by atoms with van der Waals surface area (Å²) < 4.78 is 0. The molecule has 9 heteroatoms. The molecule has 0 saturated carbocycles. The number of nitrogens with two attached hydrogens (primary N) is 2. The molecule has 0 amide bonds. The van der Waals surface area contributed by atoms with Crippen LogP contribution in [0.15, 0.2) is 70.9 Å². The van der Waals surface area contributed by atoms with E-state index in [4.69, 9.17) is 11.5 Å². The van der Waals surface area contributed by atoms with Gasteiger partial charge in [0, 0.05) is 20.4 Å². The average molecular weight is 465 g/mol. The molecule has 0 bridgehead atoms. The minimum absolute atomic E-state index is 0. The molecule has 0 atom stereocenters. The molecule has 0 aliphatic carbocycles. The van der Waals surface area contributed by atoms with Gasteiger partial charge in [-0.05, 0) is 35.6 Å². The van der Waals surface area contributed by atoms with E-state index in [-0.39, 0.29) is 30.6 Å². The molecular formula is C16H18N6PdS2. The molecule has 0 fully saturated rings. The Bertz CT molecular complexity index is 631. The van der Waals surface area contributed by atoms with Crippen LogP contribution in [-0.4, -0.2) is 22.7 Å². The fourth-order valence-corrected chi connectivity index (χ4v) is 1.52. The number of benzene rings is 2. The summed E-state index contributed by atoms with van der Waals surface area (Å²) in [5, 5.41) is 7.94. The second kappa shape index (κ2) is 14.2. The first kappa shape index (κ1) is 22.8. The maximum Gasteiger partial charge on any atom is 0.184 e. The summed E-state index contributed by atoms with van der Waals surface area (Å²) in [5.41, 5.74) is 17.3. The monoisotopic (exact) mass is 464 g/mol. The number of rotatable bonds is 4. The molecule has 0 radical (unpaired) electrons. The van der Waals surface area contributed by atoms with Crippen molar-refractivity contribution in [1.82, 2.24) is 10.9 Å². The summed E-state index contributed by atoms with van der Waals surface area (Å²) in [6.45, 7) is 0. The average Bonchev–Trinajstić information content (AvgIpc) is 2.57. The molecule has 2 rings (SSSR count). The van der Waals surface area contributed by atoms with Crippen LogP contribution in [0, 0.1) is 0 Å². The third-order valence-corrected chi connectivity index (χ3v) is 2.56. The largest absolute Gasteiger partial charge is 0.375 e. The molecule has 2 aromatic rings. The van der Waals surface area contributed by atoms with Crippen LogP contribution in [-0.2, 0) is 20.4 Å². The van der Waals surface area contributed by atoms with Gasteiger partial charge in [0.2, 0.25) is 0 Å². The molecule has 0 heterocycles. The van der Waals surface area contributed by atoms with Gasteiger partial charge in [0.05, 0.1) is 12.4 Å². The Hall–Kier alpha value is -2.18. The van der Waals surface area contributed by atoms with E-state index in [2.05, 4.69) is 45.5 Å². The Labute approximate surface area is 171 Å². The molecule has 0 aliphatic rings. The fraction of sp³-hybridized carbons (Fsp3) is 0. The van der Waals surface area contributed by atoms with Crippen molar-refractivity contribution in [2.45, 2.75) is 0 Å². The molecule has 6 N–H and O–H groups in total. The molecule has 6 nitrogen and oxygen atoms in total. The Morgan fingerprint density at radius 3 is 1.32 bits per heavy atom. The summed E-state index contributed by atoms with van der Waals surface area (Å²) in [5.74, 6) is 0.